The van der Waals surface area contributed by atoms with Gasteiger partial charge in [-0.3, -0.25) is 0 Å². The minimum atomic E-state index is -0.116. The molecule has 0 amide bonds. The average Bonchev–Trinajstić information content (AvgIpc) is 2.14. The number of hydrogen-bond donors (Lipinski definition) is 0. The van der Waals surface area contributed by atoms with Gasteiger partial charge in [-0.2, -0.15) is 0 Å². The first kappa shape index (κ1) is 5.76. The van der Waals surface area contributed by atoms with Gasteiger partial charge in [0.05, 0.1) is 0 Å². The van der Waals surface area contributed by atoms with Crippen molar-refractivity contribution in [1.82, 2.24) is 0 Å². The predicted octanol–water partition coefficient (Wildman–Crippen LogP) is 0.610. The van der Waals surface area contributed by atoms with Crippen LogP contribution in [0.25, 0.3) is 0 Å². The minimum Gasteiger partial charge on any atom is -0.370 e. The molecule has 1 aliphatic heterocycles. The second-order valence-electron chi connectivity index (χ2n) is 2.24. The SMILES string of the molecule is CC1CCOC1C=O. The third-order valence-electron chi connectivity index (χ3n) is 1.58. The van der Waals surface area contributed by atoms with Gasteiger partial charge in [0.1, 0.15) is 12.4 Å². The summed E-state index contributed by atoms with van der Waals surface area (Å²) in [5.74, 6) is 0.437. The van der Waals surface area contributed by atoms with E-state index in [1.807, 2.05) is 6.92 Å². The zero-order valence-corrected chi connectivity index (χ0v) is 4.96. The molecule has 2 nitrogen and oxygen atoms in total. The third-order valence-corrected chi connectivity index (χ3v) is 1.58. The van der Waals surface area contributed by atoms with Crippen molar-refractivity contribution >= 4 is 6.29 Å². The van der Waals surface area contributed by atoms with Crippen LogP contribution in [0.3, 0.4) is 0 Å². The van der Waals surface area contributed by atoms with E-state index in [0.717, 1.165) is 19.3 Å². The fourth-order valence-electron chi connectivity index (χ4n) is 0.892. The van der Waals surface area contributed by atoms with Crippen LogP contribution in [0.5, 0.6) is 0 Å². The molecule has 0 aromatic rings. The van der Waals surface area contributed by atoms with Crippen molar-refractivity contribution in [3.8, 4) is 0 Å². The zero-order chi connectivity index (χ0) is 5.98. The van der Waals surface area contributed by atoms with Crippen LogP contribution in [0.15, 0.2) is 0 Å². The summed E-state index contributed by atoms with van der Waals surface area (Å²) in [7, 11) is 0. The normalized spacial score (nSPS) is 37.6. The molecule has 0 spiro atoms. The van der Waals surface area contributed by atoms with E-state index in [9.17, 15) is 4.79 Å². The molecule has 1 aliphatic rings. The summed E-state index contributed by atoms with van der Waals surface area (Å²) in [6.07, 6.45) is 1.80. The fraction of sp³-hybridized carbons (Fsp3) is 0.833. The highest BCUT2D eigenvalue weighted by Gasteiger charge is 2.22. The van der Waals surface area contributed by atoms with Gasteiger partial charge in [-0.15, -0.1) is 0 Å². The van der Waals surface area contributed by atoms with Gasteiger partial charge in [0.25, 0.3) is 0 Å². The van der Waals surface area contributed by atoms with Crippen molar-refractivity contribution in [2.45, 2.75) is 19.4 Å². The first-order chi connectivity index (χ1) is 3.84. The van der Waals surface area contributed by atoms with Crippen molar-refractivity contribution in [3.63, 3.8) is 0 Å². The lowest BCUT2D eigenvalue weighted by Crippen LogP contribution is -2.13. The topological polar surface area (TPSA) is 26.3 Å². The molecular weight excluding hydrogens is 104 g/mol. The molecule has 2 unspecified atom stereocenters. The number of ether oxygens (including phenoxy) is 1. The quantitative estimate of drug-likeness (QED) is 0.467. The molecule has 1 saturated heterocycles. The lowest BCUT2D eigenvalue weighted by Gasteiger charge is -2.03. The smallest absolute Gasteiger partial charge is 0.149 e. The molecule has 1 fully saturated rings. The highest BCUT2D eigenvalue weighted by Crippen LogP contribution is 2.17. The van der Waals surface area contributed by atoms with Gasteiger partial charge < -0.3 is 9.53 Å². The molecule has 1 heterocycles. The Kier molecular flexibility index (Phi) is 1.63. The third kappa shape index (κ3) is 0.892. The van der Waals surface area contributed by atoms with E-state index in [2.05, 4.69) is 0 Å². The van der Waals surface area contributed by atoms with Gasteiger partial charge in [-0.25, -0.2) is 0 Å². The Bertz CT molecular complexity index is 90.5. The Balaban J connectivity index is 2.41. The summed E-state index contributed by atoms with van der Waals surface area (Å²) in [6, 6.07) is 0. The molecule has 0 aromatic heterocycles. The molecule has 0 radical (unpaired) electrons. The van der Waals surface area contributed by atoms with Gasteiger partial charge in [0.15, 0.2) is 0 Å². The van der Waals surface area contributed by atoms with Crippen LogP contribution in [-0.2, 0) is 9.53 Å². The van der Waals surface area contributed by atoms with Gasteiger partial charge in [0, 0.05) is 6.61 Å². The van der Waals surface area contributed by atoms with Crippen LogP contribution in [0, 0.1) is 5.92 Å². The fourth-order valence-corrected chi connectivity index (χ4v) is 0.892. The average molecular weight is 114 g/mol. The molecule has 0 bridgehead atoms. The highest BCUT2D eigenvalue weighted by atomic mass is 16.5. The van der Waals surface area contributed by atoms with Crippen LogP contribution in [0.4, 0.5) is 0 Å². The molecule has 46 valence electrons. The van der Waals surface area contributed by atoms with Crippen LogP contribution in [0.2, 0.25) is 0 Å². The molecule has 0 saturated carbocycles. The Morgan fingerprint density at radius 2 is 2.50 bits per heavy atom. The zero-order valence-electron chi connectivity index (χ0n) is 4.96. The number of rotatable bonds is 1. The molecule has 2 heteroatoms. The van der Waals surface area contributed by atoms with Crippen molar-refractivity contribution in [2.24, 2.45) is 5.92 Å². The van der Waals surface area contributed by atoms with E-state index in [0.29, 0.717) is 5.92 Å². The maximum Gasteiger partial charge on any atom is 0.149 e. The standard InChI is InChI=1S/C6H10O2/c1-5-2-3-8-6(5)4-7/h4-6H,2-3H2,1H3. The second kappa shape index (κ2) is 2.27. The van der Waals surface area contributed by atoms with Crippen molar-refractivity contribution < 1.29 is 9.53 Å². The first-order valence-corrected chi connectivity index (χ1v) is 2.91. The van der Waals surface area contributed by atoms with Gasteiger partial charge >= 0.3 is 0 Å². The summed E-state index contributed by atoms with van der Waals surface area (Å²) >= 11 is 0. The maximum absolute atomic E-state index is 10.1. The van der Waals surface area contributed by atoms with E-state index in [-0.39, 0.29) is 6.10 Å². The Morgan fingerprint density at radius 1 is 1.75 bits per heavy atom. The minimum absolute atomic E-state index is 0.116. The van der Waals surface area contributed by atoms with Crippen LogP contribution < -0.4 is 0 Å². The molecular formula is C6H10O2. The van der Waals surface area contributed by atoms with Gasteiger partial charge in [-0.05, 0) is 12.3 Å². The predicted molar refractivity (Wildman–Crippen MR) is 29.6 cm³/mol. The van der Waals surface area contributed by atoms with E-state index in [1.54, 1.807) is 0 Å². The largest absolute Gasteiger partial charge is 0.370 e. The van der Waals surface area contributed by atoms with Crippen LogP contribution >= 0.6 is 0 Å². The maximum atomic E-state index is 10.1. The van der Waals surface area contributed by atoms with Gasteiger partial charge in [-0.1, -0.05) is 6.92 Å². The Morgan fingerprint density at radius 3 is 2.75 bits per heavy atom. The van der Waals surface area contributed by atoms with E-state index in [1.165, 1.54) is 0 Å². The number of aldehydes is 1. The Hall–Kier alpha value is -0.370. The second-order valence-corrected chi connectivity index (χ2v) is 2.24. The molecule has 2 atom stereocenters. The van der Waals surface area contributed by atoms with Crippen molar-refractivity contribution in [3.05, 3.63) is 0 Å². The van der Waals surface area contributed by atoms with E-state index >= 15 is 0 Å². The lowest BCUT2D eigenvalue weighted by molar-refractivity contribution is -0.116. The number of carbonyl (C=O) groups excluding carboxylic acids is 1. The summed E-state index contributed by atoms with van der Waals surface area (Å²) in [4.78, 5) is 10.1. The van der Waals surface area contributed by atoms with Crippen molar-refractivity contribution in [1.29, 1.82) is 0 Å². The van der Waals surface area contributed by atoms with Crippen LogP contribution in [-0.4, -0.2) is 19.0 Å². The van der Waals surface area contributed by atoms with Crippen molar-refractivity contribution in [2.75, 3.05) is 6.61 Å². The first-order valence-electron chi connectivity index (χ1n) is 2.91. The summed E-state index contributed by atoms with van der Waals surface area (Å²) in [5.41, 5.74) is 0. The number of hydrogen-bond acceptors (Lipinski definition) is 2. The number of carbonyl (C=O) groups is 1. The summed E-state index contributed by atoms with van der Waals surface area (Å²) < 4.78 is 5.05. The van der Waals surface area contributed by atoms with E-state index < -0.39 is 0 Å². The lowest BCUT2D eigenvalue weighted by atomic mass is 10.1. The van der Waals surface area contributed by atoms with E-state index in [4.69, 9.17) is 4.74 Å². The summed E-state index contributed by atoms with van der Waals surface area (Å²) in [5, 5.41) is 0. The van der Waals surface area contributed by atoms with Crippen LogP contribution in [0.1, 0.15) is 13.3 Å². The van der Waals surface area contributed by atoms with Gasteiger partial charge in [0.2, 0.25) is 0 Å². The molecule has 1 rings (SSSR count). The molecule has 0 aliphatic carbocycles. The molecule has 8 heavy (non-hydrogen) atoms. The molecule has 0 N–H and O–H groups in total. The molecule has 0 aromatic carbocycles. The summed E-state index contributed by atoms with van der Waals surface area (Å²) in [6.45, 7) is 2.79. The Labute approximate surface area is 48.8 Å². The highest BCUT2D eigenvalue weighted by molar-refractivity contribution is 5.56. The monoisotopic (exact) mass is 114 g/mol.